The summed E-state index contributed by atoms with van der Waals surface area (Å²) >= 11 is 0. The van der Waals surface area contributed by atoms with E-state index < -0.39 is 5.97 Å². The zero-order valence-electron chi connectivity index (χ0n) is 6.13. The number of hydrogen-bond acceptors (Lipinski definition) is 2. The molecule has 1 saturated heterocycles. The van der Waals surface area contributed by atoms with Crippen molar-refractivity contribution in [3.8, 4) is 0 Å². The van der Waals surface area contributed by atoms with Gasteiger partial charge in [0.15, 0.2) is 0 Å². The van der Waals surface area contributed by atoms with Gasteiger partial charge in [-0.2, -0.15) is 0 Å². The van der Waals surface area contributed by atoms with Crippen molar-refractivity contribution in [1.29, 1.82) is 0 Å². The van der Waals surface area contributed by atoms with Crippen LogP contribution in [-0.2, 0) is 4.79 Å². The zero-order valence-corrected chi connectivity index (χ0v) is 6.13. The molecule has 58 valence electrons. The minimum Gasteiger partial charge on any atom is -0.480 e. The highest BCUT2D eigenvalue weighted by Crippen LogP contribution is 2.14. The molecule has 3 heteroatoms. The number of carboxylic acids is 1. The van der Waals surface area contributed by atoms with Gasteiger partial charge in [-0.25, -0.2) is 0 Å². The smallest absolute Gasteiger partial charge is 0.320 e. The van der Waals surface area contributed by atoms with E-state index in [1.165, 1.54) is 0 Å². The Hall–Kier alpha value is -0.570. The van der Waals surface area contributed by atoms with Crippen LogP contribution in [0, 0.1) is 0 Å². The van der Waals surface area contributed by atoms with Gasteiger partial charge in [0.2, 0.25) is 0 Å². The first-order valence-corrected chi connectivity index (χ1v) is 3.73. The van der Waals surface area contributed by atoms with Crippen molar-refractivity contribution in [1.82, 2.24) is 5.32 Å². The molecule has 1 aliphatic rings. The molecule has 2 atom stereocenters. The summed E-state index contributed by atoms with van der Waals surface area (Å²) in [6.45, 7) is 2.07. The molecule has 10 heavy (non-hydrogen) atoms. The van der Waals surface area contributed by atoms with Crippen LogP contribution >= 0.6 is 0 Å². The van der Waals surface area contributed by atoms with Crippen molar-refractivity contribution in [3.63, 3.8) is 0 Å². The molecule has 0 amide bonds. The average Bonchev–Trinajstić information content (AvgIpc) is 2.34. The standard InChI is InChI=1S/C7H13NO2/c1-2-5-3-4-6(8-5)7(9)10/h5-6,8H,2-4H2,1H3,(H,9,10)/t5-,6-/m1/s1. The molecule has 3 nitrogen and oxygen atoms in total. The summed E-state index contributed by atoms with van der Waals surface area (Å²) in [6, 6.07) is 0.144. The molecule has 0 spiro atoms. The van der Waals surface area contributed by atoms with Gasteiger partial charge < -0.3 is 10.4 Å². The van der Waals surface area contributed by atoms with Gasteiger partial charge in [0.05, 0.1) is 0 Å². The number of nitrogens with one attached hydrogen (secondary N) is 1. The van der Waals surface area contributed by atoms with E-state index in [0.717, 1.165) is 19.3 Å². The van der Waals surface area contributed by atoms with Crippen molar-refractivity contribution in [2.75, 3.05) is 0 Å². The molecular weight excluding hydrogens is 130 g/mol. The topological polar surface area (TPSA) is 49.3 Å². The van der Waals surface area contributed by atoms with E-state index in [1.807, 2.05) is 0 Å². The molecule has 0 aliphatic carbocycles. The van der Waals surface area contributed by atoms with Crippen LogP contribution in [0.15, 0.2) is 0 Å². The maximum absolute atomic E-state index is 10.4. The summed E-state index contributed by atoms with van der Waals surface area (Å²) in [5, 5.41) is 11.6. The maximum atomic E-state index is 10.4. The molecule has 2 N–H and O–H groups in total. The normalized spacial score (nSPS) is 32.5. The van der Waals surface area contributed by atoms with Crippen LogP contribution in [0.4, 0.5) is 0 Å². The third kappa shape index (κ3) is 1.48. The van der Waals surface area contributed by atoms with Crippen molar-refractivity contribution < 1.29 is 9.90 Å². The summed E-state index contributed by atoms with van der Waals surface area (Å²) < 4.78 is 0. The fourth-order valence-electron chi connectivity index (χ4n) is 1.34. The Labute approximate surface area is 60.4 Å². The monoisotopic (exact) mass is 143 g/mol. The third-order valence-electron chi connectivity index (χ3n) is 2.03. The molecule has 0 aromatic heterocycles. The minimum absolute atomic E-state index is 0.287. The van der Waals surface area contributed by atoms with E-state index in [-0.39, 0.29) is 6.04 Å². The highest BCUT2D eigenvalue weighted by molar-refractivity contribution is 5.73. The van der Waals surface area contributed by atoms with Crippen molar-refractivity contribution in [3.05, 3.63) is 0 Å². The lowest BCUT2D eigenvalue weighted by atomic mass is 10.1. The van der Waals surface area contributed by atoms with E-state index in [1.54, 1.807) is 0 Å². The molecule has 0 aromatic rings. The fourth-order valence-corrected chi connectivity index (χ4v) is 1.34. The first kappa shape index (κ1) is 7.54. The Balaban J connectivity index is 2.35. The number of carbonyl (C=O) groups is 1. The van der Waals surface area contributed by atoms with E-state index in [9.17, 15) is 4.79 Å². The molecular formula is C7H13NO2. The van der Waals surface area contributed by atoms with E-state index in [2.05, 4.69) is 12.2 Å². The third-order valence-corrected chi connectivity index (χ3v) is 2.03. The second-order valence-electron chi connectivity index (χ2n) is 2.74. The average molecular weight is 143 g/mol. The Kier molecular flexibility index (Phi) is 2.27. The van der Waals surface area contributed by atoms with Crippen molar-refractivity contribution >= 4 is 5.97 Å². The lowest BCUT2D eigenvalue weighted by molar-refractivity contribution is -0.139. The second kappa shape index (κ2) is 3.01. The van der Waals surface area contributed by atoms with Gasteiger partial charge in [0, 0.05) is 6.04 Å². The number of aliphatic carboxylic acids is 1. The van der Waals surface area contributed by atoms with Crippen LogP contribution in [0.25, 0.3) is 0 Å². The SMILES string of the molecule is CC[C@@H]1CC[C@H](C(=O)O)N1. The lowest BCUT2D eigenvalue weighted by Crippen LogP contribution is -2.34. The lowest BCUT2D eigenvalue weighted by Gasteiger charge is -2.07. The summed E-state index contributed by atoms with van der Waals surface area (Å²) in [5.41, 5.74) is 0. The molecule has 0 radical (unpaired) electrons. The van der Waals surface area contributed by atoms with Crippen LogP contribution < -0.4 is 5.32 Å². The Morgan fingerprint density at radius 1 is 1.70 bits per heavy atom. The van der Waals surface area contributed by atoms with Gasteiger partial charge >= 0.3 is 5.97 Å². The van der Waals surface area contributed by atoms with Gasteiger partial charge in [0.25, 0.3) is 0 Å². The van der Waals surface area contributed by atoms with Crippen LogP contribution in [0.2, 0.25) is 0 Å². The van der Waals surface area contributed by atoms with Crippen LogP contribution in [-0.4, -0.2) is 23.2 Å². The Morgan fingerprint density at radius 3 is 2.70 bits per heavy atom. The first-order chi connectivity index (χ1) is 4.74. The van der Waals surface area contributed by atoms with Gasteiger partial charge in [-0.1, -0.05) is 6.92 Å². The highest BCUT2D eigenvalue weighted by Gasteiger charge is 2.26. The van der Waals surface area contributed by atoms with Crippen LogP contribution in [0.1, 0.15) is 26.2 Å². The Morgan fingerprint density at radius 2 is 2.40 bits per heavy atom. The number of carboxylic acid groups (broad SMARTS) is 1. The van der Waals surface area contributed by atoms with E-state index >= 15 is 0 Å². The van der Waals surface area contributed by atoms with E-state index in [4.69, 9.17) is 5.11 Å². The number of rotatable bonds is 2. The van der Waals surface area contributed by atoms with Crippen molar-refractivity contribution in [2.45, 2.75) is 38.3 Å². The second-order valence-corrected chi connectivity index (χ2v) is 2.74. The quantitative estimate of drug-likeness (QED) is 0.595. The largest absolute Gasteiger partial charge is 0.480 e. The molecule has 1 aliphatic heterocycles. The molecule has 1 rings (SSSR count). The highest BCUT2D eigenvalue weighted by atomic mass is 16.4. The summed E-state index contributed by atoms with van der Waals surface area (Å²) in [4.78, 5) is 10.4. The molecule has 0 saturated carbocycles. The molecule has 1 heterocycles. The predicted octanol–water partition coefficient (Wildman–Crippen LogP) is 0.602. The maximum Gasteiger partial charge on any atom is 0.320 e. The van der Waals surface area contributed by atoms with Crippen molar-refractivity contribution in [2.24, 2.45) is 0 Å². The van der Waals surface area contributed by atoms with Gasteiger partial charge in [0.1, 0.15) is 6.04 Å². The fraction of sp³-hybridized carbons (Fsp3) is 0.857. The van der Waals surface area contributed by atoms with Gasteiger partial charge in [-0.15, -0.1) is 0 Å². The summed E-state index contributed by atoms with van der Waals surface area (Å²) in [7, 11) is 0. The van der Waals surface area contributed by atoms with Gasteiger partial charge in [-0.3, -0.25) is 4.79 Å². The molecule has 1 fully saturated rings. The molecule has 0 aromatic carbocycles. The minimum atomic E-state index is -0.712. The van der Waals surface area contributed by atoms with Gasteiger partial charge in [-0.05, 0) is 19.3 Å². The molecule has 0 bridgehead atoms. The van der Waals surface area contributed by atoms with Crippen LogP contribution in [0.3, 0.4) is 0 Å². The summed E-state index contributed by atoms with van der Waals surface area (Å²) in [6.07, 6.45) is 2.82. The zero-order chi connectivity index (χ0) is 7.56. The Bertz CT molecular complexity index is 136. The molecule has 0 unspecified atom stereocenters. The predicted molar refractivity (Wildman–Crippen MR) is 37.9 cm³/mol. The first-order valence-electron chi connectivity index (χ1n) is 3.73. The van der Waals surface area contributed by atoms with Crippen LogP contribution in [0.5, 0.6) is 0 Å². The summed E-state index contributed by atoms with van der Waals surface area (Å²) in [5.74, 6) is -0.712. The van der Waals surface area contributed by atoms with E-state index in [0.29, 0.717) is 6.04 Å². The number of hydrogen-bond donors (Lipinski definition) is 2.